The van der Waals surface area contributed by atoms with E-state index in [4.69, 9.17) is 4.98 Å². The van der Waals surface area contributed by atoms with Gasteiger partial charge in [0, 0.05) is 60.9 Å². The Labute approximate surface area is 334 Å². The number of nitrogens with zero attached hydrogens (tertiary/aromatic N) is 4. The van der Waals surface area contributed by atoms with E-state index in [1.54, 1.807) is 0 Å². The van der Waals surface area contributed by atoms with Crippen molar-refractivity contribution in [1.29, 1.82) is 0 Å². The third-order valence-electron chi connectivity index (χ3n) is 11.6. The van der Waals surface area contributed by atoms with E-state index in [1.165, 1.54) is 38.1 Å². The maximum Gasteiger partial charge on any atom is 0.0971 e. The van der Waals surface area contributed by atoms with E-state index >= 15 is 0 Å². The van der Waals surface area contributed by atoms with Crippen molar-refractivity contribution in [2.45, 2.75) is 0 Å². The first kappa shape index (κ1) is 32.4. The molecule has 0 aliphatic rings. The van der Waals surface area contributed by atoms with Gasteiger partial charge in [0.2, 0.25) is 0 Å². The van der Waals surface area contributed by atoms with Gasteiger partial charge in [-0.05, 0) is 72.3 Å². The zero-order valence-corrected chi connectivity index (χ0v) is 31.4. The van der Waals surface area contributed by atoms with Crippen LogP contribution in [0.2, 0.25) is 0 Å². The predicted octanol–water partition coefficient (Wildman–Crippen LogP) is 13.8. The van der Waals surface area contributed by atoms with Crippen molar-refractivity contribution in [3.63, 3.8) is 0 Å². The van der Waals surface area contributed by atoms with Gasteiger partial charge in [-0.1, -0.05) is 133 Å². The van der Waals surface area contributed by atoms with Crippen LogP contribution in [0.5, 0.6) is 0 Å². The number of rotatable bonds is 6. The molecule has 0 spiro atoms. The first-order valence-electron chi connectivity index (χ1n) is 19.7. The van der Waals surface area contributed by atoms with Gasteiger partial charge < -0.3 is 19.0 Å². The van der Waals surface area contributed by atoms with Crippen molar-refractivity contribution >= 4 is 76.9 Å². The summed E-state index contributed by atoms with van der Waals surface area (Å²) in [5, 5.41) is 9.74. The lowest BCUT2D eigenvalue weighted by atomic mass is 10.0. The number of hydrogen-bond donors (Lipinski definition) is 1. The summed E-state index contributed by atoms with van der Waals surface area (Å²) in [6.07, 6.45) is 2.07. The summed E-state index contributed by atoms with van der Waals surface area (Å²) in [4.78, 5) is 5.29. The molecule has 0 aliphatic heterocycles. The first-order chi connectivity index (χ1) is 28.8. The predicted molar refractivity (Wildman–Crippen MR) is 242 cm³/mol. The number of hydrogen-bond acceptors (Lipinski definition) is 2. The summed E-state index contributed by atoms with van der Waals surface area (Å²) in [7, 11) is 0. The van der Waals surface area contributed by atoms with E-state index in [0.29, 0.717) is 0 Å². The Balaban J connectivity index is 1.08. The van der Waals surface area contributed by atoms with Crippen molar-refractivity contribution in [1.82, 2.24) is 18.7 Å². The van der Waals surface area contributed by atoms with Crippen LogP contribution in [0.25, 0.3) is 93.7 Å². The van der Waals surface area contributed by atoms with Gasteiger partial charge in [-0.25, -0.2) is 0 Å². The molecule has 5 nitrogen and oxygen atoms in total. The zero-order chi connectivity index (χ0) is 38.2. The van der Waals surface area contributed by atoms with E-state index in [1.807, 2.05) is 0 Å². The lowest BCUT2D eigenvalue weighted by Gasteiger charge is -2.15. The van der Waals surface area contributed by atoms with Gasteiger partial charge in [0.05, 0.1) is 44.8 Å². The number of fused-ring (bicyclic) bond motifs is 10. The SMILES string of the molecule is c1ccc(-c2ccccc2Nc2cccc(-n3c4ccccc4c4ncc5c(c6ccccc6n5-c5cccc(-n6c7ccccc7c7ccccc76)c5)c43)c2)cc1. The van der Waals surface area contributed by atoms with Crippen LogP contribution in [-0.4, -0.2) is 18.7 Å². The van der Waals surface area contributed by atoms with Gasteiger partial charge in [-0.15, -0.1) is 0 Å². The van der Waals surface area contributed by atoms with E-state index in [0.717, 1.165) is 67.0 Å². The summed E-state index contributed by atoms with van der Waals surface area (Å²) in [6.45, 7) is 0. The van der Waals surface area contributed by atoms with Crippen molar-refractivity contribution in [2.24, 2.45) is 0 Å². The number of nitrogens with one attached hydrogen (secondary N) is 1. The largest absolute Gasteiger partial charge is 0.355 e. The molecule has 1 N–H and O–H groups in total. The van der Waals surface area contributed by atoms with Crippen LogP contribution in [0.15, 0.2) is 206 Å². The molecule has 0 amide bonds. The quantitative estimate of drug-likeness (QED) is 0.184. The fourth-order valence-corrected chi connectivity index (χ4v) is 9.20. The minimum absolute atomic E-state index is 0.984. The maximum absolute atomic E-state index is 5.29. The lowest BCUT2D eigenvalue weighted by molar-refractivity contribution is 1.13. The van der Waals surface area contributed by atoms with Crippen LogP contribution in [0.3, 0.4) is 0 Å². The Morgan fingerprint density at radius 2 is 0.897 bits per heavy atom. The summed E-state index contributed by atoms with van der Waals surface area (Å²) < 4.78 is 7.17. The first-order valence-corrected chi connectivity index (χ1v) is 19.7. The molecule has 4 aromatic heterocycles. The molecule has 0 fully saturated rings. The molecule has 8 aromatic carbocycles. The standard InChI is InChI=1S/C53H35N5/c1-2-16-35(17-3-1)40-22-4-9-27-45(40)55-36-18-14-19-37(32-36)58-49-31-13-8-26-44(49)52-53(58)51-43-25-7-12-30-48(43)57(50(51)34-54-52)39-21-15-20-38(33-39)56-46-28-10-5-23-41(46)42-24-6-11-29-47(42)56/h1-34,55H. The van der Waals surface area contributed by atoms with Gasteiger partial charge >= 0.3 is 0 Å². The van der Waals surface area contributed by atoms with Crippen LogP contribution in [0, 0.1) is 0 Å². The molecule has 0 bridgehead atoms. The topological polar surface area (TPSA) is 39.7 Å². The highest BCUT2D eigenvalue weighted by atomic mass is 15.0. The van der Waals surface area contributed by atoms with Gasteiger partial charge in [0.25, 0.3) is 0 Å². The number of para-hydroxylation sites is 5. The molecule has 0 saturated carbocycles. The van der Waals surface area contributed by atoms with Crippen LogP contribution in [0.4, 0.5) is 11.4 Å². The highest BCUT2D eigenvalue weighted by Crippen LogP contribution is 2.42. The minimum atomic E-state index is 0.984. The second-order valence-corrected chi connectivity index (χ2v) is 14.9. The monoisotopic (exact) mass is 741 g/mol. The second kappa shape index (κ2) is 12.8. The molecule has 58 heavy (non-hydrogen) atoms. The second-order valence-electron chi connectivity index (χ2n) is 14.9. The average molecular weight is 742 g/mol. The Morgan fingerprint density at radius 1 is 0.379 bits per heavy atom. The molecule has 12 rings (SSSR count). The molecular weight excluding hydrogens is 707 g/mol. The number of benzene rings is 8. The number of anilines is 2. The van der Waals surface area contributed by atoms with Crippen LogP contribution < -0.4 is 5.32 Å². The summed E-state index contributed by atoms with van der Waals surface area (Å²) in [5.41, 5.74) is 15.4. The Bertz CT molecular complexity index is 3500. The highest BCUT2D eigenvalue weighted by molar-refractivity contribution is 6.24. The molecule has 4 heterocycles. The maximum atomic E-state index is 5.29. The van der Waals surface area contributed by atoms with E-state index in [9.17, 15) is 0 Å². The van der Waals surface area contributed by atoms with Gasteiger partial charge in [-0.3, -0.25) is 4.98 Å². The van der Waals surface area contributed by atoms with E-state index in [2.05, 4.69) is 225 Å². The molecule has 0 radical (unpaired) electrons. The molecule has 5 heteroatoms. The normalized spacial score (nSPS) is 11.8. The number of pyridine rings is 1. The van der Waals surface area contributed by atoms with Crippen molar-refractivity contribution in [3.8, 4) is 28.2 Å². The molecule has 0 unspecified atom stereocenters. The van der Waals surface area contributed by atoms with Crippen LogP contribution >= 0.6 is 0 Å². The number of aromatic nitrogens is 4. The molecule has 0 aliphatic carbocycles. The fraction of sp³-hybridized carbons (Fsp3) is 0. The molecular formula is C53H35N5. The van der Waals surface area contributed by atoms with Crippen molar-refractivity contribution in [3.05, 3.63) is 206 Å². The van der Waals surface area contributed by atoms with Crippen LogP contribution in [0.1, 0.15) is 0 Å². The molecule has 272 valence electrons. The third kappa shape index (κ3) is 4.87. The minimum Gasteiger partial charge on any atom is -0.355 e. The van der Waals surface area contributed by atoms with E-state index in [-0.39, 0.29) is 0 Å². The van der Waals surface area contributed by atoms with Crippen LogP contribution in [-0.2, 0) is 0 Å². The zero-order valence-electron chi connectivity index (χ0n) is 31.4. The Hall–Kier alpha value is -7.89. The Kier molecular flexibility index (Phi) is 7.16. The fourth-order valence-electron chi connectivity index (χ4n) is 9.20. The molecule has 0 atom stereocenters. The lowest BCUT2D eigenvalue weighted by Crippen LogP contribution is -1.99. The average Bonchev–Trinajstić information content (AvgIpc) is 3.93. The van der Waals surface area contributed by atoms with Gasteiger partial charge in [0.15, 0.2) is 0 Å². The van der Waals surface area contributed by atoms with Crippen molar-refractivity contribution in [2.75, 3.05) is 5.32 Å². The smallest absolute Gasteiger partial charge is 0.0971 e. The summed E-state index contributed by atoms with van der Waals surface area (Å²) in [6, 6.07) is 71.5. The third-order valence-corrected chi connectivity index (χ3v) is 11.6. The Morgan fingerprint density at radius 3 is 1.60 bits per heavy atom. The molecule has 0 saturated heterocycles. The molecule has 12 aromatic rings. The van der Waals surface area contributed by atoms with Crippen molar-refractivity contribution < 1.29 is 0 Å². The van der Waals surface area contributed by atoms with Gasteiger partial charge in [0.1, 0.15) is 0 Å². The summed E-state index contributed by atoms with van der Waals surface area (Å²) in [5.74, 6) is 0. The highest BCUT2D eigenvalue weighted by Gasteiger charge is 2.22. The van der Waals surface area contributed by atoms with E-state index < -0.39 is 0 Å². The summed E-state index contributed by atoms with van der Waals surface area (Å²) >= 11 is 0. The van der Waals surface area contributed by atoms with Gasteiger partial charge in [-0.2, -0.15) is 0 Å².